The maximum absolute atomic E-state index is 15.2. The molecule has 3 aromatic carbocycles. The van der Waals surface area contributed by atoms with Crippen molar-refractivity contribution in [1.29, 1.82) is 0 Å². The van der Waals surface area contributed by atoms with E-state index in [4.69, 9.17) is 13.6 Å². The van der Waals surface area contributed by atoms with Gasteiger partial charge in [0.25, 0.3) is 16.6 Å². The summed E-state index contributed by atoms with van der Waals surface area (Å²) < 4.78 is 21.6. The Labute approximate surface area is 321 Å². The van der Waals surface area contributed by atoms with Crippen LogP contribution in [0.15, 0.2) is 103 Å². The number of rotatable bonds is 11. The van der Waals surface area contributed by atoms with E-state index < -0.39 is 46.2 Å². The Hall–Kier alpha value is -3.31. The van der Waals surface area contributed by atoms with Crippen LogP contribution in [0.4, 0.5) is 4.79 Å². The summed E-state index contributed by atoms with van der Waals surface area (Å²) in [6.07, 6.45) is 0.446. The highest BCUT2D eigenvalue weighted by Gasteiger charge is 2.64. The fourth-order valence-electron chi connectivity index (χ4n) is 9.85. The highest BCUT2D eigenvalue weighted by atomic mass is 28.4. The molecule has 2 heterocycles. The van der Waals surface area contributed by atoms with Gasteiger partial charge in [0, 0.05) is 18.6 Å². The van der Waals surface area contributed by atoms with Crippen molar-refractivity contribution in [2.24, 2.45) is 11.3 Å². The van der Waals surface area contributed by atoms with Crippen molar-refractivity contribution < 1.29 is 23.2 Å². The second-order valence-electron chi connectivity index (χ2n) is 17.6. The maximum Gasteiger partial charge on any atom is 0.398 e. The molecule has 8 heteroatoms. The van der Waals surface area contributed by atoms with E-state index in [0.717, 1.165) is 11.1 Å². The monoisotopic (exact) mass is 753 g/mol. The molecule has 0 aromatic heterocycles. The summed E-state index contributed by atoms with van der Waals surface area (Å²) in [5.74, 6) is -1.09. The molecule has 0 aliphatic carbocycles. The molecule has 0 saturated carbocycles. The molecule has 0 radical (unpaired) electrons. The summed E-state index contributed by atoms with van der Waals surface area (Å²) >= 11 is 0. The van der Waals surface area contributed by atoms with Gasteiger partial charge in [0.1, 0.15) is 12.0 Å². The Bertz CT molecular complexity index is 1680. The van der Waals surface area contributed by atoms with Gasteiger partial charge in [-0.25, -0.2) is 4.79 Å². The van der Waals surface area contributed by atoms with E-state index in [2.05, 4.69) is 131 Å². The van der Waals surface area contributed by atoms with Crippen molar-refractivity contribution in [3.8, 4) is 0 Å². The molecule has 0 spiro atoms. The van der Waals surface area contributed by atoms with Crippen LogP contribution in [0.2, 0.25) is 21.7 Å². The molecular weight excluding hydrogens is 691 g/mol. The SMILES string of the molecule is C/C=C(\C)[C@H]1OC2C(C(=O)C(c3ccccc3)CN2C(=O)O[Si](C(C)C)(C(C)C)C(C)C)[C@@]1(C)CO[Si](c1ccccc1)(c1ccccc1)C(C)(C)C. The van der Waals surface area contributed by atoms with E-state index in [1.807, 2.05) is 49.4 Å². The number of hydrogen-bond donors (Lipinski definition) is 0. The molecular formula is C45H63NO5Si2. The molecule has 1 amide bonds. The zero-order valence-electron chi connectivity index (χ0n) is 34.2. The van der Waals surface area contributed by atoms with Crippen LogP contribution in [-0.2, 0) is 18.4 Å². The van der Waals surface area contributed by atoms with Crippen LogP contribution in [0.1, 0.15) is 94.6 Å². The summed E-state index contributed by atoms with van der Waals surface area (Å²) in [5.41, 5.74) is 1.75. The highest BCUT2D eigenvalue weighted by Crippen LogP contribution is 2.54. The predicted octanol–water partition coefficient (Wildman–Crippen LogP) is 9.86. The minimum absolute atomic E-state index is 0.0882. The number of carbonyl (C=O) groups excluding carboxylic acids is 2. The molecule has 6 nitrogen and oxygen atoms in total. The van der Waals surface area contributed by atoms with Crippen LogP contribution in [-0.4, -0.2) is 58.9 Å². The van der Waals surface area contributed by atoms with Crippen molar-refractivity contribution >= 4 is 38.9 Å². The quantitative estimate of drug-likeness (QED) is 0.144. The van der Waals surface area contributed by atoms with Gasteiger partial charge in [-0.05, 0) is 57.0 Å². The number of fused-ring (bicyclic) bond motifs is 1. The Kier molecular flexibility index (Phi) is 12.2. The first kappa shape index (κ1) is 40.9. The predicted molar refractivity (Wildman–Crippen MR) is 222 cm³/mol. The lowest BCUT2D eigenvalue weighted by Gasteiger charge is -2.48. The third-order valence-electron chi connectivity index (χ3n) is 12.5. The van der Waals surface area contributed by atoms with Gasteiger partial charge in [-0.1, -0.05) is 166 Å². The van der Waals surface area contributed by atoms with E-state index in [0.29, 0.717) is 0 Å². The van der Waals surface area contributed by atoms with Gasteiger partial charge in [-0.3, -0.25) is 9.69 Å². The zero-order chi connectivity index (χ0) is 38.9. The lowest BCUT2D eigenvalue weighted by Crippen LogP contribution is -2.68. The third kappa shape index (κ3) is 7.17. The summed E-state index contributed by atoms with van der Waals surface area (Å²) in [7, 11) is -5.61. The van der Waals surface area contributed by atoms with E-state index >= 15 is 4.79 Å². The van der Waals surface area contributed by atoms with E-state index in [1.54, 1.807) is 4.90 Å². The second-order valence-corrected chi connectivity index (χ2v) is 27.3. The maximum atomic E-state index is 15.2. The van der Waals surface area contributed by atoms with Crippen molar-refractivity contribution in [2.75, 3.05) is 13.2 Å². The number of ketones is 1. The summed E-state index contributed by atoms with van der Waals surface area (Å²) in [4.78, 5) is 31.8. The van der Waals surface area contributed by atoms with Crippen LogP contribution in [0.25, 0.3) is 0 Å². The van der Waals surface area contributed by atoms with E-state index in [9.17, 15) is 4.79 Å². The number of carbonyl (C=O) groups is 2. The molecule has 5 atom stereocenters. The molecule has 2 saturated heterocycles. The average Bonchev–Trinajstić information content (AvgIpc) is 3.44. The summed E-state index contributed by atoms with van der Waals surface area (Å²) in [5, 5.41) is 2.10. The molecule has 2 aliphatic rings. The number of piperidine rings is 1. The summed E-state index contributed by atoms with van der Waals surface area (Å²) in [6.45, 7) is 26.6. The van der Waals surface area contributed by atoms with Gasteiger partial charge in [0.2, 0.25) is 0 Å². The number of amides is 1. The Morgan fingerprint density at radius 3 is 1.77 bits per heavy atom. The fraction of sp³-hybridized carbons (Fsp3) is 0.511. The third-order valence-corrected chi connectivity index (χ3v) is 23.4. The Morgan fingerprint density at radius 1 is 0.868 bits per heavy atom. The first-order chi connectivity index (χ1) is 25.0. The molecule has 5 rings (SSSR count). The normalized spacial score (nSPS) is 24.2. The smallest absolute Gasteiger partial charge is 0.398 e. The van der Waals surface area contributed by atoms with E-state index in [-0.39, 0.29) is 46.7 Å². The number of ether oxygens (including phenoxy) is 1. The van der Waals surface area contributed by atoms with Crippen LogP contribution in [0.3, 0.4) is 0 Å². The van der Waals surface area contributed by atoms with Gasteiger partial charge < -0.3 is 13.6 Å². The van der Waals surface area contributed by atoms with Gasteiger partial charge in [-0.15, -0.1) is 0 Å². The van der Waals surface area contributed by atoms with Crippen LogP contribution in [0, 0.1) is 11.3 Å². The van der Waals surface area contributed by atoms with Crippen molar-refractivity contribution in [3.05, 3.63) is 108 Å². The zero-order valence-corrected chi connectivity index (χ0v) is 36.2. The highest BCUT2D eigenvalue weighted by molar-refractivity contribution is 6.99. The standard InChI is InChI=1S/C45H63NO5Si2/c1-13-34(8)41-45(12,30-49-53(44(9,10)11,36-25-19-15-20-26-36)37-27-21-16-22-28-37)39-40(47)38(35-23-17-14-18-24-35)29-46(42(39)50-41)43(48)51-52(31(2)3,32(4)5)33(6)7/h13-28,31-33,38-39,41-42H,29-30H2,1-12H3/b34-13+/t38?,39?,41-,42?,45-/m1/s1. The van der Waals surface area contributed by atoms with Crippen molar-refractivity contribution in [1.82, 2.24) is 4.90 Å². The molecule has 3 aromatic rings. The largest absolute Gasteiger partial charge is 0.503 e. The number of hydrogen-bond acceptors (Lipinski definition) is 5. The van der Waals surface area contributed by atoms with Gasteiger partial charge in [0.05, 0.1) is 17.9 Å². The molecule has 2 aliphatic heterocycles. The van der Waals surface area contributed by atoms with Gasteiger partial charge in [-0.2, -0.15) is 0 Å². The van der Waals surface area contributed by atoms with E-state index in [1.165, 1.54) is 10.4 Å². The minimum atomic E-state index is -2.99. The van der Waals surface area contributed by atoms with Crippen LogP contribution >= 0.6 is 0 Å². The topological polar surface area (TPSA) is 65.1 Å². The minimum Gasteiger partial charge on any atom is -0.503 e. The lowest BCUT2D eigenvalue weighted by atomic mass is 9.66. The molecule has 0 N–H and O–H groups in total. The van der Waals surface area contributed by atoms with Crippen molar-refractivity contribution in [2.45, 2.75) is 123 Å². The lowest BCUT2D eigenvalue weighted by molar-refractivity contribution is -0.139. The molecule has 3 unspecified atom stereocenters. The first-order valence-corrected chi connectivity index (χ1v) is 23.6. The molecule has 286 valence electrons. The number of allylic oxidation sites excluding steroid dienone is 1. The molecule has 53 heavy (non-hydrogen) atoms. The molecule has 2 fully saturated rings. The molecule has 0 bridgehead atoms. The Balaban J connectivity index is 1.67. The fourth-order valence-corrected chi connectivity index (χ4v) is 19.7. The average molecular weight is 754 g/mol. The van der Waals surface area contributed by atoms with Crippen molar-refractivity contribution in [3.63, 3.8) is 0 Å². The first-order valence-electron chi connectivity index (χ1n) is 19.6. The van der Waals surface area contributed by atoms with Gasteiger partial charge in [0.15, 0.2) is 0 Å². The van der Waals surface area contributed by atoms with Crippen LogP contribution < -0.4 is 10.4 Å². The number of nitrogens with zero attached hydrogens (tertiary/aromatic N) is 1. The number of likely N-dealkylation sites (tertiary alicyclic amines) is 1. The summed E-state index contributed by atoms with van der Waals surface area (Å²) in [6, 6.07) is 31.1. The Morgan fingerprint density at radius 2 is 1.34 bits per heavy atom. The number of Topliss-reactive ketones (excluding diaryl/α,β-unsaturated/α-hetero) is 1. The van der Waals surface area contributed by atoms with Crippen LogP contribution in [0.5, 0.6) is 0 Å². The van der Waals surface area contributed by atoms with Gasteiger partial charge >= 0.3 is 6.09 Å². The number of benzene rings is 3. The second kappa shape index (κ2) is 15.8.